The largest absolute Gasteiger partial charge is 0.469 e. The van der Waals surface area contributed by atoms with E-state index in [9.17, 15) is 14.0 Å². The van der Waals surface area contributed by atoms with Gasteiger partial charge in [0, 0.05) is 31.6 Å². The molecule has 0 radical (unpaired) electrons. The van der Waals surface area contributed by atoms with Crippen molar-refractivity contribution in [3.05, 3.63) is 35.6 Å². The Morgan fingerprint density at radius 3 is 2.69 bits per heavy atom. The molecule has 1 atom stereocenters. The Bertz CT molecular complexity index is 666. The number of benzene rings is 1. The van der Waals surface area contributed by atoms with Crippen LogP contribution in [0.1, 0.15) is 44.1 Å². The maximum Gasteiger partial charge on any atom is 0.306 e. The number of methoxy groups -OCH3 is 1. The molecule has 1 spiro atoms. The van der Waals surface area contributed by atoms with E-state index in [2.05, 4.69) is 9.64 Å². The summed E-state index contributed by atoms with van der Waals surface area (Å²) in [5.74, 6) is -0.537. The highest BCUT2D eigenvalue weighted by molar-refractivity contribution is 5.81. The number of carbonyl (C=O) groups is 2. The summed E-state index contributed by atoms with van der Waals surface area (Å²) >= 11 is 0. The second-order valence-electron chi connectivity index (χ2n) is 7.37. The van der Waals surface area contributed by atoms with Gasteiger partial charge in [0.15, 0.2) is 0 Å². The summed E-state index contributed by atoms with van der Waals surface area (Å²) in [7, 11) is 1.34. The molecule has 1 amide bonds. The summed E-state index contributed by atoms with van der Waals surface area (Å²) in [6, 6.07) is 6.76. The van der Waals surface area contributed by atoms with Crippen molar-refractivity contribution < 1.29 is 18.7 Å². The summed E-state index contributed by atoms with van der Waals surface area (Å²) in [6.45, 7) is 3.13. The molecule has 2 heterocycles. The zero-order valence-electron chi connectivity index (χ0n) is 15.4. The van der Waals surface area contributed by atoms with Crippen LogP contribution in [0.25, 0.3) is 0 Å². The zero-order chi connectivity index (χ0) is 18.6. The smallest absolute Gasteiger partial charge is 0.306 e. The minimum atomic E-state index is -0.348. The predicted molar refractivity (Wildman–Crippen MR) is 95.8 cm³/mol. The Morgan fingerprint density at radius 2 is 1.96 bits per heavy atom. The lowest BCUT2D eigenvalue weighted by molar-refractivity contribution is -0.144. The fraction of sp³-hybridized carbons (Fsp3) is 0.600. The second kappa shape index (κ2) is 8.16. The number of rotatable bonds is 5. The minimum absolute atomic E-state index is 0.0204. The molecule has 1 unspecified atom stereocenters. The molecule has 0 N–H and O–H groups in total. The highest BCUT2D eigenvalue weighted by atomic mass is 19.1. The number of halogens is 1. The maximum atomic E-state index is 13.5. The number of hydrogen-bond acceptors (Lipinski definition) is 4. The number of carbonyl (C=O) groups excluding carboxylic acids is 2. The Morgan fingerprint density at radius 1 is 1.19 bits per heavy atom. The van der Waals surface area contributed by atoms with Crippen LogP contribution >= 0.6 is 0 Å². The van der Waals surface area contributed by atoms with E-state index in [1.54, 1.807) is 12.1 Å². The molecule has 0 saturated carbocycles. The first-order valence-corrected chi connectivity index (χ1v) is 9.36. The summed E-state index contributed by atoms with van der Waals surface area (Å²) in [5.41, 5.74) is 0.950. The molecule has 1 aromatic carbocycles. The first kappa shape index (κ1) is 18.8. The van der Waals surface area contributed by atoms with Crippen molar-refractivity contribution in [1.29, 1.82) is 0 Å². The molecule has 0 aliphatic carbocycles. The van der Waals surface area contributed by atoms with Crippen molar-refractivity contribution >= 4 is 11.9 Å². The SMILES string of the molecule is COC(=O)CCC(=O)N1CCCC2(CCCN2Cc2cccc(F)c2)C1. The third-order valence-electron chi connectivity index (χ3n) is 5.68. The molecular weight excluding hydrogens is 335 g/mol. The normalized spacial score (nSPS) is 23.4. The van der Waals surface area contributed by atoms with Gasteiger partial charge in [-0.05, 0) is 49.9 Å². The number of amides is 1. The highest BCUT2D eigenvalue weighted by Gasteiger charge is 2.44. The Balaban J connectivity index is 1.65. The molecule has 2 saturated heterocycles. The number of likely N-dealkylation sites (tertiary alicyclic amines) is 2. The lowest BCUT2D eigenvalue weighted by atomic mass is 9.86. The van der Waals surface area contributed by atoms with Crippen LogP contribution in [-0.4, -0.2) is 54.0 Å². The van der Waals surface area contributed by atoms with Crippen molar-refractivity contribution in [3.63, 3.8) is 0 Å². The maximum absolute atomic E-state index is 13.5. The molecule has 6 heteroatoms. The van der Waals surface area contributed by atoms with Crippen molar-refractivity contribution in [3.8, 4) is 0 Å². The minimum Gasteiger partial charge on any atom is -0.469 e. The fourth-order valence-electron chi connectivity index (χ4n) is 4.35. The van der Waals surface area contributed by atoms with Gasteiger partial charge in [-0.2, -0.15) is 0 Å². The zero-order valence-corrected chi connectivity index (χ0v) is 15.4. The van der Waals surface area contributed by atoms with Crippen LogP contribution in [0.2, 0.25) is 0 Å². The summed E-state index contributed by atoms with van der Waals surface area (Å²) in [4.78, 5) is 28.1. The number of esters is 1. The molecule has 26 heavy (non-hydrogen) atoms. The molecule has 2 aliphatic heterocycles. The number of piperidine rings is 1. The molecule has 0 bridgehead atoms. The third-order valence-corrected chi connectivity index (χ3v) is 5.68. The predicted octanol–water partition coefficient (Wildman–Crippen LogP) is 2.74. The van der Waals surface area contributed by atoms with E-state index in [0.717, 1.165) is 44.3 Å². The van der Waals surface area contributed by atoms with Crippen LogP contribution in [-0.2, 0) is 20.9 Å². The molecule has 2 aliphatic rings. The molecule has 3 rings (SSSR count). The van der Waals surface area contributed by atoms with Gasteiger partial charge in [0.2, 0.25) is 5.91 Å². The van der Waals surface area contributed by atoms with Crippen LogP contribution in [0.3, 0.4) is 0 Å². The first-order chi connectivity index (χ1) is 12.5. The van der Waals surface area contributed by atoms with Gasteiger partial charge in [-0.1, -0.05) is 12.1 Å². The lowest BCUT2D eigenvalue weighted by Gasteiger charge is -2.46. The molecule has 2 fully saturated rings. The Kier molecular flexibility index (Phi) is 5.91. The molecular formula is C20H27FN2O3. The first-order valence-electron chi connectivity index (χ1n) is 9.36. The fourth-order valence-corrected chi connectivity index (χ4v) is 4.35. The van der Waals surface area contributed by atoms with E-state index in [-0.39, 0.29) is 36.1 Å². The van der Waals surface area contributed by atoms with E-state index in [0.29, 0.717) is 13.1 Å². The van der Waals surface area contributed by atoms with Crippen LogP contribution in [0.4, 0.5) is 4.39 Å². The van der Waals surface area contributed by atoms with Crippen LogP contribution in [0.15, 0.2) is 24.3 Å². The van der Waals surface area contributed by atoms with Crippen LogP contribution in [0.5, 0.6) is 0 Å². The van der Waals surface area contributed by atoms with Gasteiger partial charge in [0.1, 0.15) is 5.82 Å². The molecule has 0 aromatic heterocycles. The molecule has 5 nitrogen and oxygen atoms in total. The standard InChI is InChI=1S/C20H27FN2O3/c1-26-19(25)8-7-18(24)22-11-3-9-20(15-22)10-4-12-23(20)14-16-5-2-6-17(21)13-16/h2,5-6,13H,3-4,7-12,14-15H2,1H3. The van der Waals surface area contributed by atoms with Gasteiger partial charge in [0.25, 0.3) is 0 Å². The number of ether oxygens (including phenoxy) is 1. The number of nitrogens with zero attached hydrogens (tertiary/aromatic N) is 2. The van der Waals surface area contributed by atoms with Crippen LogP contribution in [0, 0.1) is 5.82 Å². The Labute approximate surface area is 154 Å². The van der Waals surface area contributed by atoms with Crippen molar-refractivity contribution in [2.24, 2.45) is 0 Å². The van der Waals surface area contributed by atoms with Crippen molar-refractivity contribution in [2.45, 2.75) is 50.6 Å². The van der Waals surface area contributed by atoms with E-state index in [1.165, 1.54) is 13.2 Å². The average molecular weight is 362 g/mol. The second-order valence-corrected chi connectivity index (χ2v) is 7.37. The summed E-state index contributed by atoms with van der Waals surface area (Å²) in [5, 5.41) is 0. The lowest BCUT2D eigenvalue weighted by Crippen LogP contribution is -2.56. The monoisotopic (exact) mass is 362 g/mol. The van der Waals surface area contributed by atoms with E-state index < -0.39 is 0 Å². The van der Waals surface area contributed by atoms with Crippen molar-refractivity contribution in [1.82, 2.24) is 9.80 Å². The van der Waals surface area contributed by atoms with Gasteiger partial charge < -0.3 is 9.64 Å². The van der Waals surface area contributed by atoms with Gasteiger partial charge in [-0.15, -0.1) is 0 Å². The van der Waals surface area contributed by atoms with Gasteiger partial charge in [0.05, 0.1) is 13.5 Å². The van der Waals surface area contributed by atoms with Crippen molar-refractivity contribution in [2.75, 3.05) is 26.7 Å². The van der Waals surface area contributed by atoms with E-state index in [4.69, 9.17) is 0 Å². The summed E-state index contributed by atoms with van der Waals surface area (Å²) in [6.07, 6.45) is 4.51. The van der Waals surface area contributed by atoms with Gasteiger partial charge in [-0.3, -0.25) is 14.5 Å². The Hall–Kier alpha value is -1.95. The summed E-state index contributed by atoms with van der Waals surface area (Å²) < 4.78 is 18.1. The molecule has 142 valence electrons. The van der Waals surface area contributed by atoms with E-state index >= 15 is 0 Å². The number of hydrogen-bond donors (Lipinski definition) is 0. The third kappa shape index (κ3) is 4.23. The quantitative estimate of drug-likeness (QED) is 0.756. The average Bonchev–Trinajstić information content (AvgIpc) is 3.00. The van der Waals surface area contributed by atoms with Gasteiger partial charge in [-0.25, -0.2) is 4.39 Å². The topological polar surface area (TPSA) is 49.9 Å². The highest BCUT2D eigenvalue weighted by Crippen LogP contribution is 2.38. The molecule has 1 aromatic rings. The van der Waals surface area contributed by atoms with Crippen LogP contribution < -0.4 is 0 Å². The van der Waals surface area contributed by atoms with E-state index in [1.807, 2.05) is 11.0 Å². The van der Waals surface area contributed by atoms with Gasteiger partial charge >= 0.3 is 5.97 Å².